The normalized spacial score (nSPS) is 10.7. The summed E-state index contributed by atoms with van der Waals surface area (Å²) in [6, 6.07) is 1.93. The molecule has 0 unspecified atom stereocenters. The van der Waals surface area contributed by atoms with Gasteiger partial charge in [-0.3, -0.25) is 0 Å². The van der Waals surface area contributed by atoms with Gasteiger partial charge in [0.1, 0.15) is 11.6 Å². The molecule has 0 spiro atoms. The second-order valence-corrected chi connectivity index (χ2v) is 3.76. The summed E-state index contributed by atoms with van der Waals surface area (Å²) in [7, 11) is 0. The van der Waals surface area contributed by atoms with E-state index in [0.29, 0.717) is 5.82 Å². The van der Waals surface area contributed by atoms with Gasteiger partial charge in [0.05, 0.1) is 0 Å². The standard InChI is InChI=1S/C11H15N5/c1-4-9-5-10(14-8(3)13-9)16-6-7(2)11(12)15-16/h5-6H,4H2,1-3H3,(H2,12,15). The van der Waals surface area contributed by atoms with Gasteiger partial charge < -0.3 is 5.73 Å². The van der Waals surface area contributed by atoms with Gasteiger partial charge in [0.25, 0.3) is 0 Å². The maximum atomic E-state index is 5.71. The Bertz CT molecular complexity index is 496. The van der Waals surface area contributed by atoms with E-state index in [1.807, 2.05) is 26.1 Å². The Hall–Kier alpha value is -1.91. The van der Waals surface area contributed by atoms with Gasteiger partial charge in [0.15, 0.2) is 5.82 Å². The molecule has 2 N–H and O–H groups in total. The molecule has 5 nitrogen and oxygen atoms in total. The van der Waals surface area contributed by atoms with Crippen LogP contribution < -0.4 is 5.73 Å². The van der Waals surface area contributed by atoms with Gasteiger partial charge in [-0.15, -0.1) is 5.10 Å². The molecule has 0 fully saturated rings. The van der Waals surface area contributed by atoms with Crippen molar-refractivity contribution in [3.05, 3.63) is 29.3 Å². The first-order valence-electron chi connectivity index (χ1n) is 5.27. The minimum Gasteiger partial charge on any atom is -0.382 e. The van der Waals surface area contributed by atoms with Crippen molar-refractivity contribution in [2.24, 2.45) is 0 Å². The van der Waals surface area contributed by atoms with E-state index in [1.165, 1.54) is 0 Å². The lowest BCUT2D eigenvalue weighted by atomic mass is 10.3. The Labute approximate surface area is 94.3 Å². The van der Waals surface area contributed by atoms with Gasteiger partial charge in [-0.1, -0.05) is 6.92 Å². The molecule has 0 aliphatic rings. The zero-order valence-electron chi connectivity index (χ0n) is 9.73. The quantitative estimate of drug-likeness (QED) is 0.826. The summed E-state index contributed by atoms with van der Waals surface area (Å²) in [6.07, 6.45) is 2.75. The fraction of sp³-hybridized carbons (Fsp3) is 0.364. The molecule has 5 heteroatoms. The molecule has 0 saturated heterocycles. The Balaban J connectivity index is 2.50. The number of hydrogen-bond acceptors (Lipinski definition) is 4. The van der Waals surface area contributed by atoms with E-state index in [2.05, 4.69) is 22.0 Å². The van der Waals surface area contributed by atoms with Crippen LogP contribution in [0.5, 0.6) is 0 Å². The zero-order valence-corrected chi connectivity index (χ0v) is 9.73. The Morgan fingerprint density at radius 2 is 2.06 bits per heavy atom. The van der Waals surface area contributed by atoms with Crippen molar-refractivity contribution >= 4 is 5.82 Å². The van der Waals surface area contributed by atoms with Gasteiger partial charge in [-0.2, -0.15) is 0 Å². The molecule has 0 bridgehead atoms. The number of aryl methyl sites for hydroxylation is 3. The van der Waals surface area contributed by atoms with E-state index >= 15 is 0 Å². The highest BCUT2D eigenvalue weighted by Gasteiger charge is 2.06. The van der Waals surface area contributed by atoms with Crippen molar-refractivity contribution in [1.29, 1.82) is 0 Å². The summed E-state index contributed by atoms with van der Waals surface area (Å²) < 4.78 is 1.69. The number of aromatic nitrogens is 4. The maximum Gasteiger partial charge on any atom is 0.157 e. The number of anilines is 1. The fourth-order valence-corrected chi connectivity index (χ4v) is 1.50. The lowest BCUT2D eigenvalue weighted by molar-refractivity contribution is 0.817. The van der Waals surface area contributed by atoms with E-state index in [1.54, 1.807) is 4.68 Å². The zero-order chi connectivity index (χ0) is 11.7. The molecule has 0 aromatic carbocycles. The van der Waals surface area contributed by atoms with Gasteiger partial charge in [0, 0.05) is 23.5 Å². The van der Waals surface area contributed by atoms with E-state index < -0.39 is 0 Å². The summed E-state index contributed by atoms with van der Waals surface area (Å²) >= 11 is 0. The highest BCUT2D eigenvalue weighted by molar-refractivity contribution is 5.39. The highest BCUT2D eigenvalue weighted by Crippen LogP contribution is 2.12. The molecule has 84 valence electrons. The van der Waals surface area contributed by atoms with Crippen molar-refractivity contribution in [3.63, 3.8) is 0 Å². The fourth-order valence-electron chi connectivity index (χ4n) is 1.50. The summed E-state index contributed by atoms with van der Waals surface area (Å²) in [5, 5.41) is 4.20. The topological polar surface area (TPSA) is 69.6 Å². The predicted octanol–water partition coefficient (Wildman–Crippen LogP) is 1.42. The van der Waals surface area contributed by atoms with Crippen molar-refractivity contribution in [2.45, 2.75) is 27.2 Å². The molecular weight excluding hydrogens is 202 g/mol. The van der Waals surface area contributed by atoms with Crippen LogP contribution in [0.2, 0.25) is 0 Å². The third kappa shape index (κ3) is 1.88. The van der Waals surface area contributed by atoms with Crippen LogP contribution in [0, 0.1) is 13.8 Å². The molecular formula is C11H15N5. The second kappa shape index (κ2) is 3.92. The molecule has 16 heavy (non-hydrogen) atoms. The molecule has 2 aromatic heterocycles. The summed E-state index contributed by atoms with van der Waals surface area (Å²) in [4.78, 5) is 8.66. The van der Waals surface area contributed by atoms with Crippen LogP contribution in [0.3, 0.4) is 0 Å². The monoisotopic (exact) mass is 217 g/mol. The van der Waals surface area contributed by atoms with Crippen LogP contribution in [0.4, 0.5) is 5.82 Å². The van der Waals surface area contributed by atoms with E-state index in [-0.39, 0.29) is 0 Å². The Morgan fingerprint density at radius 3 is 2.62 bits per heavy atom. The molecule has 0 aliphatic heterocycles. The van der Waals surface area contributed by atoms with Gasteiger partial charge >= 0.3 is 0 Å². The third-order valence-electron chi connectivity index (χ3n) is 2.41. The Morgan fingerprint density at radius 1 is 1.31 bits per heavy atom. The highest BCUT2D eigenvalue weighted by atomic mass is 15.3. The van der Waals surface area contributed by atoms with Crippen LogP contribution in [0.15, 0.2) is 12.3 Å². The van der Waals surface area contributed by atoms with E-state index in [4.69, 9.17) is 5.73 Å². The second-order valence-electron chi connectivity index (χ2n) is 3.76. The van der Waals surface area contributed by atoms with Crippen LogP contribution in [-0.4, -0.2) is 19.7 Å². The van der Waals surface area contributed by atoms with Crippen LogP contribution in [0.25, 0.3) is 5.82 Å². The summed E-state index contributed by atoms with van der Waals surface area (Å²) in [6.45, 7) is 5.87. The first-order valence-corrected chi connectivity index (χ1v) is 5.27. The first-order chi connectivity index (χ1) is 7.60. The average molecular weight is 217 g/mol. The average Bonchev–Trinajstić information content (AvgIpc) is 2.58. The SMILES string of the molecule is CCc1cc(-n2cc(C)c(N)n2)nc(C)n1. The van der Waals surface area contributed by atoms with Gasteiger partial charge in [-0.25, -0.2) is 14.6 Å². The molecule has 0 aliphatic carbocycles. The van der Waals surface area contributed by atoms with Crippen molar-refractivity contribution in [1.82, 2.24) is 19.7 Å². The number of hydrogen-bond donors (Lipinski definition) is 1. The number of nitrogens with zero attached hydrogens (tertiary/aromatic N) is 4. The number of nitrogens with two attached hydrogens (primary N) is 1. The number of nitrogen functional groups attached to an aromatic ring is 1. The largest absolute Gasteiger partial charge is 0.382 e. The van der Waals surface area contributed by atoms with Gasteiger partial charge in [-0.05, 0) is 20.3 Å². The molecule has 0 saturated carbocycles. The smallest absolute Gasteiger partial charge is 0.157 e. The maximum absolute atomic E-state index is 5.71. The third-order valence-corrected chi connectivity index (χ3v) is 2.41. The molecule has 2 rings (SSSR count). The van der Waals surface area contributed by atoms with Crippen molar-refractivity contribution < 1.29 is 0 Å². The minimum atomic E-state index is 0.536. The summed E-state index contributed by atoms with van der Waals surface area (Å²) in [5.74, 6) is 2.06. The molecule has 0 atom stereocenters. The van der Waals surface area contributed by atoms with Crippen LogP contribution >= 0.6 is 0 Å². The lowest BCUT2D eigenvalue weighted by Crippen LogP contribution is -2.04. The van der Waals surface area contributed by atoms with Gasteiger partial charge in [0.2, 0.25) is 0 Å². The minimum absolute atomic E-state index is 0.536. The first kappa shape index (κ1) is 10.6. The molecule has 2 aromatic rings. The summed E-state index contributed by atoms with van der Waals surface area (Å²) in [5.41, 5.74) is 7.67. The van der Waals surface area contributed by atoms with E-state index in [9.17, 15) is 0 Å². The molecule has 2 heterocycles. The predicted molar refractivity (Wildman–Crippen MR) is 62.4 cm³/mol. The molecule has 0 amide bonds. The molecule has 0 radical (unpaired) electrons. The van der Waals surface area contributed by atoms with Crippen LogP contribution in [0.1, 0.15) is 24.0 Å². The van der Waals surface area contributed by atoms with Crippen molar-refractivity contribution in [3.8, 4) is 5.82 Å². The van der Waals surface area contributed by atoms with Crippen molar-refractivity contribution in [2.75, 3.05) is 5.73 Å². The van der Waals surface area contributed by atoms with Crippen LogP contribution in [-0.2, 0) is 6.42 Å². The Kier molecular flexibility index (Phi) is 2.60. The van der Waals surface area contributed by atoms with E-state index in [0.717, 1.165) is 29.3 Å². The lowest BCUT2D eigenvalue weighted by Gasteiger charge is -2.03. The number of rotatable bonds is 2.